The number of hydrogen-bond acceptors (Lipinski definition) is 2. The predicted octanol–water partition coefficient (Wildman–Crippen LogP) is 1.07. The van der Waals surface area contributed by atoms with Crippen molar-refractivity contribution in [1.29, 1.82) is 0 Å². The van der Waals surface area contributed by atoms with Crippen molar-refractivity contribution in [1.82, 2.24) is 9.80 Å². The van der Waals surface area contributed by atoms with Gasteiger partial charge < -0.3 is 9.80 Å². The van der Waals surface area contributed by atoms with Crippen molar-refractivity contribution in [3.8, 4) is 0 Å². The van der Waals surface area contributed by atoms with Gasteiger partial charge in [0, 0.05) is 26.0 Å². The molecule has 0 radical (unpaired) electrons. The first kappa shape index (κ1) is 19.3. The van der Waals surface area contributed by atoms with Crippen LogP contribution in [0.15, 0.2) is 12.4 Å². The largest absolute Gasteiger partial charge is 1.00 e. The summed E-state index contributed by atoms with van der Waals surface area (Å²) >= 11 is 0. The zero-order chi connectivity index (χ0) is 12.4. The van der Waals surface area contributed by atoms with E-state index in [0.717, 1.165) is 13.2 Å². The molecule has 0 N–H and O–H groups in total. The summed E-state index contributed by atoms with van der Waals surface area (Å²) in [6, 6.07) is 0. The molecule has 2 nitrogen and oxygen atoms in total. The standard InChI is InChI=1S/C6H12N2.F6P.K/c1-3-8-5-4-7(2)6-8;1-7(2,3,4,5)6;/h4-5H,3,6H2,1-2H3;;/q;-1;+1. The van der Waals surface area contributed by atoms with E-state index in [1.54, 1.807) is 0 Å². The van der Waals surface area contributed by atoms with Gasteiger partial charge >= 0.3 is 84.4 Å². The second-order valence-corrected chi connectivity index (χ2v) is 4.98. The normalized spacial score (nSPS) is 19.2. The van der Waals surface area contributed by atoms with Crippen molar-refractivity contribution in [2.45, 2.75) is 6.92 Å². The Bertz CT molecular complexity index is 238. The van der Waals surface area contributed by atoms with Gasteiger partial charge in [0.2, 0.25) is 0 Å². The Labute approximate surface area is 132 Å². The molecule has 0 saturated heterocycles. The summed E-state index contributed by atoms with van der Waals surface area (Å²) in [6.07, 6.45) is 4.20. The summed E-state index contributed by atoms with van der Waals surface area (Å²) in [5.41, 5.74) is 0. The molecule has 0 aromatic carbocycles. The topological polar surface area (TPSA) is 6.48 Å². The van der Waals surface area contributed by atoms with Crippen molar-refractivity contribution in [2.24, 2.45) is 0 Å². The van der Waals surface area contributed by atoms with Crippen LogP contribution in [0.1, 0.15) is 6.92 Å². The number of halogens is 6. The van der Waals surface area contributed by atoms with Crippen LogP contribution in [0, 0.1) is 0 Å². The summed E-state index contributed by atoms with van der Waals surface area (Å²) in [7, 11) is -8.58. The van der Waals surface area contributed by atoms with Gasteiger partial charge in [0.25, 0.3) is 0 Å². The van der Waals surface area contributed by atoms with Gasteiger partial charge in [-0.15, -0.1) is 0 Å². The zero-order valence-electron chi connectivity index (χ0n) is 9.18. The van der Waals surface area contributed by atoms with Crippen LogP contribution in [0.4, 0.5) is 25.2 Å². The van der Waals surface area contributed by atoms with Crippen LogP contribution in [0.25, 0.3) is 0 Å². The van der Waals surface area contributed by atoms with E-state index < -0.39 is 7.81 Å². The van der Waals surface area contributed by atoms with Gasteiger partial charge in [0.15, 0.2) is 0 Å². The predicted molar refractivity (Wildman–Crippen MR) is 47.7 cm³/mol. The fourth-order valence-corrected chi connectivity index (χ4v) is 0.794. The molecule has 0 aliphatic carbocycles. The molecular weight excluding hydrogens is 284 g/mol. The molecule has 94 valence electrons. The van der Waals surface area contributed by atoms with E-state index in [4.69, 9.17) is 0 Å². The minimum absolute atomic E-state index is 0. The average Bonchev–Trinajstić information content (AvgIpc) is 2.28. The molecule has 1 rings (SSSR count). The average molecular weight is 296 g/mol. The Morgan fingerprint density at radius 2 is 1.44 bits per heavy atom. The Morgan fingerprint density at radius 1 is 1.06 bits per heavy atom. The minimum atomic E-state index is -10.7. The van der Waals surface area contributed by atoms with E-state index in [1.165, 1.54) is 0 Å². The first-order valence-electron chi connectivity index (χ1n) is 3.97. The van der Waals surface area contributed by atoms with Crippen LogP contribution in [-0.2, 0) is 0 Å². The molecule has 10 heteroatoms. The zero-order valence-corrected chi connectivity index (χ0v) is 13.2. The van der Waals surface area contributed by atoms with Gasteiger partial charge in [-0.3, -0.25) is 0 Å². The van der Waals surface area contributed by atoms with Crippen LogP contribution in [-0.4, -0.2) is 30.1 Å². The second kappa shape index (κ2) is 5.32. The SMILES string of the molecule is CCN1C=CN(C)C1.F[P-](F)(F)(F)(F)F.[K+]. The third kappa shape index (κ3) is 20.4. The summed E-state index contributed by atoms with van der Waals surface area (Å²) in [5.74, 6) is 0. The van der Waals surface area contributed by atoms with Gasteiger partial charge in [-0.2, -0.15) is 0 Å². The maximum absolute atomic E-state index is 10.7. The summed E-state index contributed by atoms with van der Waals surface area (Å²) < 4.78 is 59.2. The molecule has 1 heterocycles. The fraction of sp³-hybridized carbons (Fsp3) is 0.667. The minimum Gasteiger partial charge on any atom is 1.00 e. The van der Waals surface area contributed by atoms with Crippen LogP contribution >= 0.6 is 7.81 Å². The second-order valence-electron chi connectivity index (χ2n) is 3.06. The quantitative estimate of drug-likeness (QED) is 0.406. The Kier molecular flexibility index (Phi) is 6.42. The van der Waals surface area contributed by atoms with Crippen molar-refractivity contribution < 1.29 is 76.6 Å². The van der Waals surface area contributed by atoms with Gasteiger partial charge in [-0.25, -0.2) is 0 Å². The van der Waals surface area contributed by atoms with Gasteiger partial charge in [0.1, 0.15) is 0 Å². The van der Waals surface area contributed by atoms with E-state index >= 15 is 0 Å². The maximum Gasteiger partial charge on any atom is 1.00 e. The van der Waals surface area contributed by atoms with E-state index in [2.05, 4.69) is 36.2 Å². The first-order chi connectivity index (χ1) is 6.28. The van der Waals surface area contributed by atoms with Crippen molar-refractivity contribution in [3.05, 3.63) is 12.4 Å². The smallest absolute Gasteiger partial charge is 1.00 e. The molecule has 0 bridgehead atoms. The molecule has 0 aromatic heterocycles. The molecule has 0 aromatic rings. The van der Waals surface area contributed by atoms with E-state index in [1.807, 2.05) is 0 Å². The van der Waals surface area contributed by atoms with E-state index in [9.17, 15) is 25.2 Å². The van der Waals surface area contributed by atoms with Gasteiger partial charge in [-0.1, -0.05) is 0 Å². The Balaban J connectivity index is 0. The first-order valence-corrected chi connectivity index (χ1v) is 6.00. The molecule has 1 aliphatic heterocycles. The molecular formula is C6H12F6KN2P. The third-order valence-electron chi connectivity index (χ3n) is 1.34. The molecule has 0 saturated carbocycles. The van der Waals surface area contributed by atoms with Crippen LogP contribution in [0.2, 0.25) is 0 Å². The van der Waals surface area contributed by atoms with Gasteiger partial charge in [0.05, 0.1) is 6.67 Å². The number of hydrogen-bond donors (Lipinski definition) is 0. The monoisotopic (exact) mass is 296 g/mol. The van der Waals surface area contributed by atoms with E-state index in [0.29, 0.717) is 0 Å². The van der Waals surface area contributed by atoms with Crippen molar-refractivity contribution in [2.75, 3.05) is 20.3 Å². The molecule has 0 fully saturated rings. The maximum atomic E-state index is 9.87. The van der Waals surface area contributed by atoms with Crippen LogP contribution in [0.5, 0.6) is 0 Å². The summed E-state index contributed by atoms with van der Waals surface area (Å²) in [5, 5.41) is 0. The Morgan fingerprint density at radius 3 is 1.56 bits per heavy atom. The van der Waals surface area contributed by atoms with Crippen LogP contribution < -0.4 is 51.4 Å². The third-order valence-corrected chi connectivity index (χ3v) is 1.34. The molecule has 1 aliphatic rings. The van der Waals surface area contributed by atoms with Gasteiger partial charge in [-0.05, 0) is 6.92 Å². The number of nitrogens with zero attached hydrogens (tertiary/aromatic N) is 2. The summed E-state index contributed by atoms with van der Waals surface area (Å²) in [6.45, 7) is 4.32. The number of rotatable bonds is 1. The Hall–Kier alpha value is 0.986. The molecule has 0 atom stereocenters. The summed E-state index contributed by atoms with van der Waals surface area (Å²) in [4.78, 5) is 4.41. The fourth-order valence-electron chi connectivity index (χ4n) is 0.794. The molecule has 16 heavy (non-hydrogen) atoms. The molecule has 0 amide bonds. The van der Waals surface area contributed by atoms with Crippen molar-refractivity contribution >= 4 is 7.81 Å². The van der Waals surface area contributed by atoms with Crippen molar-refractivity contribution in [3.63, 3.8) is 0 Å². The molecule has 0 spiro atoms. The molecule has 0 unspecified atom stereocenters. The van der Waals surface area contributed by atoms with Crippen LogP contribution in [0.3, 0.4) is 0 Å². The van der Waals surface area contributed by atoms with E-state index in [-0.39, 0.29) is 51.4 Å².